The monoisotopic (exact) mass is 421 g/mol. The van der Waals surface area contributed by atoms with Gasteiger partial charge in [-0.05, 0) is 68.4 Å². The summed E-state index contributed by atoms with van der Waals surface area (Å²) in [5.74, 6) is 3.17. The van der Waals surface area contributed by atoms with Gasteiger partial charge in [0.2, 0.25) is 5.95 Å². The summed E-state index contributed by atoms with van der Waals surface area (Å²) in [6.07, 6.45) is 12.5. The van der Waals surface area contributed by atoms with Crippen LogP contribution in [0.4, 0.5) is 11.6 Å². The van der Waals surface area contributed by atoms with Gasteiger partial charge in [-0.25, -0.2) is 19.7 Å². The van der Waals surface area contributed by atoms with Gasteiger partial charge in [-0.3, -0.25) is 9.97 Å². The van der Waals surface area contributed by atoms with Crippen LogP contribution < -0.4 is 5.32 Å². The average Bonchev–Trinajstić information content (AvgIpc) is 3.04. The van der Waals surface area contributed by atoms with Gasteiger partial charge in [0, 0.05) is 24.3 Å². The van der Waals surface area contributed by atoms with Crippen LogP contribution in [0.5, 0.6) is 0 Å². The van der Waals surface area contributed by atoms with Gasteiger partial charge in [0.05, 0.1) is 28.2 Å². The Hall–Kier alpha value is -2.74. The zero-order valence-corrected chi connectivity index (χ0v) is 18.7. The maximum absolute atomic E-state index is 4.87. The second-order valence-electron chi connectivity index (χ2n) is 8.70. The van der Waals surface area contributed by atoms with Crippen LogP contribution in [0.15, 0.2) is 30.7 Å². The second-order valence-corrected chi connectivity index (χ2v) is 13.1. The molecule has 30 heavy (non-hydrogen) atoms. The third-order valence-electron chi connectivity index (χ3n) is 6.05. The molecule has 4 heterocycles. The Morgan fingerprint density at radius 3 is 2.43 bits per heavy atom. The first kappa shape index (κ1) is 19.2. The van der Waals surface area contributed by atoms with Crippen LogP contribution in [0.3, 0.4) is 0 Å². The third-order valence-corrected chi connectivity index (χ3v) is 8.73. The van der Waals surface area contributed by atoms with Crippen molar-refractivity contribution in [2.24, 2.45) is 0 Å². The molecule has 1 aliphatic heterocycles. The molecule has 1 N–H and O–H groups in total. The molecule has 5 rings (SSSR count). The highest BCUT2D eigenvalue weighted by atomic mass is 32.3. The van der Waals surface area contributed by atoms with E-state index in [1.54, 1.807) is 12.4 Å². The Morgan fingerprint density at radius 1 is 1.00 bits per heavy atom. The van der Waals surface area contributed by atoms with Crippen molar-refractivity contribution in [1.82, 2.24) is 29.7 Å². The van der Waals surface area contributed by atoms with E-state index in [2.05, 4.69) is 44.4 Å². The summed E-state index contributed by atoms with van der Waals surface area (Å²) in [6, 6.07) is 4.45. The Balaban J connectivity index is 1.50. The molecule has 1 aromatic carbocycles. The summed E-state index contributed by atoms with van der Waals surface area (Å²) in [5.41, 5.74) is 5.66. The summed E-state index contributed by atoms with van der Waals surface area (Å²) in [4.78, 5) is 18.2. The molecule has 0 spiro atoms. The van der Waals surface area contributed by atoms with Crippen molar-refractivity contribution in [2.45, 2.75) is 32.7 Å². The number of benzene rings is 1. The van der Waals surface area contributed by atoms with E-state index in [9.17, 15) is 0 Å². The number of aromatic nitrogens is 6. The van der Waals surface area contributed by atoms with Crippen molar-refractivity contribution in [3.05, 3.63) is 42.0 Å². The van der Waals surface area contributed by atoms with Crippen molar-refractivity contribution in [2.75, 3.05) is 29.3 Å². The van der Waals surface area contributed by atoms with Crippen LogP contribution in [0, 0.1) is 13.8 Å². The summed E-state index contributed by atoms with van der Waals surface area (Å²) in [7, 11) is -0.439. The Kier molecular flexibility index (Phi) is 4.61. The maximum atomic E-state index is 4.87. The van der Waals surface area contributed by atoms with E-state index in [0.717, 1.165) is 39.0 Å². The fourth-order valence-corrected chi connectivity index (χ4v) is 6.18. The average molecular weight is 422 g/mol. The number of hydrogen-bond donors (Lipinski definition) is 1. The molecule has 1 saturated heterocycles. The molecular formula is C22H27N7S. The second kappa shape index (κ2) is 7.19. The van der Waals surface area contributed by atoms with Crippen LogP contribution in [-0.4, -0.2) is 53.7 Å². The van der Waals surface area contributed by atoms with E-state index < -0.39 is 10.0 Å². The molecule has 7 nitrogen and oxygen atoms in total. The molecule has 0 amide bonds. The molecule has 3 aromatic heterocycles. The highest BCUT2D eigenvalue weighted by molar-refractivity contribution is 8.32. The molecule has 4 aromatic rings. The normalized spacial score (nSPS) is 18.0. The summed E-state index contributed by atoms with van der Waals surface area (Å²) in [5, 5.41) is 9.25. The molecule has 0 bridgehead atoms. The van der Waals surface area contributed by atoms with Gasteiger partial charge in [0.15, 0.2) is 5.65 Å². The number of nitrogens with one attached hydrogen (secondary N) is 1. The van der Waals surface area contributed by atoms with E-state index in [1.165, 1.54) is 24.3 Å². The lowest BCUT2D eigenvalue weighted by Crippen LogP contribution is -2.23. The highest BCUT2D eigenvalue weighted by Gasteiger charge is 2.27. The molecule has 0 aliphatic carbocycles. The number of rotatable bonds is 3. The van der Waals surface area contributed by atoms with E-state index in [1.807, 2.05) is 25.3 Å². The lowest BCUT2D eigenvalue weighted by atomic mass is 10.1. The van der Waals surface area contributed by atoms with Gasteiger partial charge >= 0.3 is 0 Å². The van der Waals surface area contributed by atoms with Crippen molar-refractivity contribution >= 4 is 43.7 Å². The SMILES string of the molecule is Cc1cc2nccnc2cc1Nc1ncc2c(C)nn(C3CCS(C)(C)CC3)c2n1. The third kappa shape index (κ3) is 3.49. The van der Waals surface area contributed by atoms with Crippen LogP contribution in [0.25, 0.3) is 22.1 Å². The lowest BCUT2D eigenvalue weighted by Gasteiger charge is -2.39. The predicted molar refractivity (Wildman–Crippen MR) is 125 cm³/mol. The van der Waals surface area contributed by atoms with Gasteiger partial charge in [-0.15, -0.1) is 0 Å². The first-order valence-electron chi connectivity index (χ1n) is 10.3. The molecule has 0 atom stereocenters. The zero-order chi connectivity index (χ0) is 20.9. The minimum atomic E-state index is -0.439. The molecule has 0 unspecified atom stereocenters. The van der Waals surface area contributed by atoms with Gasteiger partial charge in [-0.1, -0.05) is 0 Å². The lowest BCUT2D eigenvalue weighted by molar-refractivity contribution is 0.432. The predicted octanol–water partition coefficient (Wildman–Crippen LogP) is 4.53. The summed E-state index contributed by atoms with van der Waals surface area (Å²) >= 11 is 0. The fourth-order valence-electron chi connectivity index (χ4n) is 4.15. The smallest absolute Gasteiger partial charge is 0.229 e. The minimum absolute atomic E-state index is 0.419. The molecular weight excluding hydrogens is 394 g/mol. The first-order valence-corrected chi connectivity index (χ1v) is 13.1. The number of aryl methyl sites for hydroxylation is 2. The molecule has 1 fully saturated rings. The van der Waals surface area contributed by atoms with Crippen LogP contribution >= 0.6 is 10.0 Å². The van der Waals surface area contributed by atoms with E-state index in [4.69, 9.17) is 10.1 Å². The van der Waals surface area contributed by atoms with Gasteiger partial charge < -0.3 is 5.32 Å². The standard InChI is InChI=1S/C22H27N7S/c1-14-11-19-20(24-8-7-23-19)12-18(14)26-22-25-13-17-15(2)28-29(21(17)27-22)16-5-9-30(3,4)10-6-16/h7-8,11-13,16H,5-6,9-10H2,1-4H3,(H,25,26,27). The number of fused-ring (bicyclic) bond motifs is 2. The van der Waals surface area contributed by atoms with E-state index >= 15 is 0 Å². The molecule has 8 heteroatoms. The van der Waals surface area contributed by atoms with Crippen molar-refractivity contribution in [3.63, 3.8) is 0 Å². The highest BCUT2D eigenvalue weighted by Crippen LogP contribution is 2.48. The Bertz CT molecular complexity index is 1240. The topological polar surface area (TPSA) is 81.4 Å². The molecule has 0 saturated carbocycles. The summed E-state index contributed by atoms with van der Waals surface area (Å²) in [6.45, 7) is 4.09. The number of nitrogens with zero attached hydrogens (tertiary/aromatic N) is 6. The number of anilines is 2. The summed E-state index contributed by atoms with van der Waals surface area (Å²) < 4.78 is 2.14. The van der Waals surface area contributed by atoms with E-state index in [0.29, 0.717) is 12.0 Å². The Labute approximate surface area is 177 Å². The zero-order valence-electron chi connectivity index (χ0n) is 17.9. The van der Waals surface area contributed by atoms with Gasteiger partial charge in [0.1, 0.15) is 0 Å². The van der Waals surface area contributed by atoms with Crippen molar-refractivity contribution in [3.8, 4) is 0 Å². The van der Waals surface area contributed by atoms with Gasteiger partial charge in [-0.2, -0.15) is 10.1 Å². The number of hydrogen-bond acceptors (Lipinski definition) is 6. The van der Waals surface area contributed by atoms with Crippen LogP contribution in [0.2, 0.25) is 0 Å². The van der Waals surface area contributed by atoms with Crippen LogP contribution in [0.1, 0.15) is 30.1 Å². The van der Waals surface area contributed by atoms with Crippen LogP contribution in [-0.2, 0) is 0 Å². The first-order chi connectivity index (χ1) is 14.4. The van der Waals surface area contributed by atoms with E-state index in [-0.39, 0.29) is 0 Å². The fraction of sp³-hybridized carbons (Fsp3) is 0.409. The molecule has 1 aliphatic rings. The largest absolute Gasteiger partial charge is 0.324 e. The maximum Gasteiger partial charge on any atom is 0.229 e. The molecule has 156 valence electrons. The van der Waals surface area contributed by atoms with Gasteiger partial charge in [0.25, 0.3) is 0 Å². The quantitative estimate of drug-likeness (QED) is 0.523. The Morgan fingerprint density at radius 2 is 1.70 bits per heavy atom. The minimum Gasteiger partial charge on any atom is -0.324 e. The van der Waals surface area contributed by atoms with Crippen molar-refractivity contribution < 1.29 is 0 Å². The van der Waals surface area contributed by atoms with Crippen molar-refractivity contribution in [1.29, 1.82) is 0 Å². The molecule has 0 radical (unpaired) electrons.